The standard InChI is InChI=1S/C17H14N4OS/c1-21-17(23-11-13-6-4-5-12(9-13)10-18)19-15-8-3-2-7-14(15)16(22)20-21/h2-9H,11H2,1H3,(H,20,22). The number of para-hydroxylation sites is 1. The summed E-state index contributed by atoms with van der Waals surface area (Å²) < 4.78 is 0. The first-order valence-electron chi connectivity index (χ1n) is 7.01. The Hall–Kier alpha value is -2.78. The van der Waals surface area contributed by atoms with E-state index in [9.17, 15) is 4.79 Å². The lowest BCUT2D eigenvalue weighted by Gasteiger charge is -2.18. The number of hydrogen-bond donors (Lipinski definition) is 1. The first-order chi connectivity index (χ1) is 11.2. The highest BCUT2D eigenvalue weighted by atomic mass is 32.2. The van der Waals surface area contributed by atoms with Gasteiger partial charge in [0.15, 0.2) is 5.17 Å². The maximum atomic E-state index is 12.1. The lowest BCUT2D eigenvalue weighted by Crippen LogP contribution is -2.40. The molecule has 0 saturated heterocycles. The fourth-order valence-electron chi connectivity index (χ4n) is 2.21. The lowest BCUT2D eigenvalue weighted by atomic mass is 10.2. The minimum Gasteiger partial charge on any atom is -0.267 e. The zero-order chi connectivity index (χ0) is 16.2. The molecule has 0 fully saturated rings. The predicted octanol–water partition coefficient (Wildman–Crippen LogP) is 3.07. The molecule has 0 atom stereocenters. The van der Waals surface area contributed by atoms with Crippen LogP contribution in [0.25, 0.3) is 0 Å². The Labute approximate surface area is 138 Å². The lowest BCUT2D eigenvalue weighted by molar-refractivity contribution is 0.0892. The van der Waals surface area contributed by atoms with Crippen molar-refractivity contribution in [2.75, 3.05) is 7.05 Å². The van der Waals surface area contributed by atoms with Crippen LogP contribution in [0.3, 0.4) is 0 Å². The third-order valence-corrected chi connectivity index (χ3v) is 4.45. The number of carbonyl (C=O) groups excluding carboxylic acids is 1. The van der Waals surface area contributed by atoms with Crippen LogP contribution in [0, 0.1) is 11.3 Å². The second-order valence-electron chi connectivity index (χ2n) is 5.01. The minimum atomic E-state index is -0.172. The molecule has 5 nitrogen and oxygen atoms in total. The smallest absolute Gasteiger partial charge is 0.267 e. The van der Waals surface area contributed by atoms with Crippen LogP contribution in [0.2, 0.25) is 0 Å². The van der Waals surface area contributed by atoms with Crippen molar-refractivity contribution in [3.05, 3.63) is 65.2 Å². The summed E-state index contributed by atoms with van der Waals surface area (Å²) in [6.45, 7) is 0. The summed E-state index contributed by atoms with van der Waals surface area (Å²) >= 11 is 1.51. The average Bonchev–Trinajstić information content (AvgIpc) is 2.70. The molecule has 1 aliphatic heterocycles. The fraction of sp³-hybridized carbons (Fsp3) is 0.118. The Balaban J connectivity index is 1.83. The fourth-order valence-corrected chi connectivity index (χ4v) is 3.09. The van der Waals surface area contributed by atoms with Crippen LogP contribution in [-0.4, -0.2) is 23.1 Å². The molecule has 2 aromatic rings. The predicted molar refractivity (Wildman–Crippen MR) is 91.2 cm³/mol. The number of aliphatic imine (C=N–C) groups is 1. The SMILES string of the molecule is CN1NC(=O)c2ccccc2N=C1SCc1cccc(C#N)c1. The van der Waals surface area contributed by atoms with Gasteiger partial charge in [0, 0.05) is 12.8 Å². The summed E-state index contributed by atoms with van der Waals surface area (Å²) in [5.74, 6) is 0.491. The van der Waals surface area contributed by atoms with Crippen molar-refractivity contribution in [1.29, 1.82) is 5.26 Å². The number of amidine groups is 1. The second kappa shape index (κ2) is 6.55. The molecule has 0 aliphatic carbocycles. The summed E-state index contributed by atoms with van der Waals surface area (Å²) in [5, 5.41) is 11.3. The third kappa shape index (κ3) is 3.35. The molecule has 1 amide bonds. The van der Waals surface area contributed by atoms with E-state index in [0.717, 1.165) is 5.56 Å². The highest BCUT2D eigenvalue weighted by molar-refractivity contribution is 8.13. The van der Waals surface area contributed by atoms with Gasteiger partial charge in [0.25, 0.3) is 5.91 Å². The minimum absolute atomic E-state index is 0.172. The average molecular weight is 322 g/mol. The number of rotatable bonds is 2. The van der Waals surface area contributed by atoms with Gasteiger partial charge >= 0.3 is 0 Å². The van der Waals surface area contributed by atoms with Gasteiger partial charge in [-0.3, -0.25) is 15.2 Å². The van der Waals surface area contributed by atoms with Gasteiger partial charge in [0.1, 0.15) is 0 Å². The van der Waals surface area contributed by atoms with Crippen molar-refractivity contribution in [2.45, 2.75) is 5.75 Å². The molecule has 0 spiro atoms. The number of benzene rings is 2. The number of nitriles is 1. The van der Waals surface area contributed by atoms with Gasteiger partial charge in [0.2, 0.25) is 0 Å². The molecule has 0 radical (unpaired) electrons. The number of nitrogens with one attached hydrogen (secondary N) is 1. The first-order valence-corrected chi connectivity index (χ1v) is 8.00. The zero-order valence-corrected chi connectivity index (χ0v) is 13.3. The molecule has 1 heterocycles. The van der Waals surface area contributed by atoms with Gasteiger partial charge in [-0.1, -0.05) is 36.0 Å². The summed E-state index contributed by atoms with van der Waals surface area (Å²) in [7, 11) is 1.77. The van der Waals surface area contributed by atoms with Crippen molar-refractivity contribution in [3.8, 4) is 6.07 Å². The van der Waals surface area contributed by atoms with Gasteiger partial charge in [0.05, 0.1) is 22.9 Å². The quantitative estimate of drug-likeness (QED) is 0.922. The molecule has 1 aliphatic rings. The monoisotopic (exact) mass is 322 g/mol. The third-order valence-electron chi connectivity index (χ3n) is 3.34. The molecular weight excluding hydrogens is 308 g/mol. The number of hydrogen-bond acceptors (Lipinski definition) is 5. The number of nitrogens with zero attached hydrogens (tertiary/aromatic N) is 3. The molecule has 0 bridgehead atoms. The van der Waals surface area contributed by atoms with E-state index in [1.807, 2.05) is 36.4 Å². The molecule has 3 rings (SSSR count). The largest absolute Gasteiger partial charge is 0.272 e. The van der Waals surface area contributed by atoms with Crippen LogP contribution in [-0.2, 0) is 5.75 Å². The van der Waals surface area contributed by atoms with Crippen molar-refractivity contribution in [3.63, 3.8) is 0 Å². The number of carbonyl (C=O) groups is 1. The van der Waals surface area contributed by atoms with Crippen LogP contribution in [0.1, 0.15) is 21.5 Å². The van der Waals surface area contributed by atoms with Crippen LogP contribution in [0.5, 0.6) is 0 Å². The van der Waals surface area contributed by atoms with Gasteiger partial charge in [-0.05, 0) is 29.8 Å². The van der Waals surface area contributed by atoms with E-state index in [0.29, 0.717) is 27.7 Å². The summed E-state index contributed by atoms with van der Waals surface area (Å²) in [6.07, 6.45) is 0. The Bertz CT molecular complexity index is 825. The maximum absolute atomic E-state index is 12.1. The normalized spacial score (nSPS) is 13.5. The molecular formula is C17H14N4OS. The van der Waals surface area contributed by atoms with Crippen molar-refractivity contribution in [1.82, 2.24) is 10.4 Å². The van der Waals surface area contributed by atoms with E-state index >= 15 is 0 Å². The molecule has 6 heteroatoms. The van der Waals surface area contributed by atoms with E-state index in [2.05, 4.69) is 16.5 Å². The Morgan fingerprint density at radius 1 is 1.26 bits per heavy atom. The number of hydrazine groups is 1. The molecule has 0 saturated carbocycles. The van der Waals surface area contributed by atoms with E-state index < -0.39 is 0 Å². The van der Waals surface area contributed by atoms with Gasteiger partial charge in [-0.25, -0.2) is 4.99 Å². The molecule has 2 aromatic carbocycles. The second-order valence-corrected chi connectivity index (χ2v) is 5.95. The van der Waals surface area contributed by atoms with E-state index in [1.54, 1.807) is 24.2 Å². The van der Waals surface area contributed by atoms with Crippen LogP contribution in [0.4, 0.5) is 5.69 Å². The Morgan fingerprint density at radius 3 is 2.91 bits per heavy atom. The molecule has 0 aromatic heterocycles. The molecule has 0 unspecified atom stereocenters. The van der Waals surface area contributed by atoms with E-state index in [-0.39, 0.29) is 5.91 Å². The van der Waals surface area contributed by atoms with Gasteiger partial charge in [-0.2, -0.15) is 5.26 Å². The Kier molecular flexibility index (Phi) is 4.31. The Morgan fingerprint density at radius 2 is 2.09 bits per heavy atom. The molecule has 1 N–H and O–H groups in total. The van der Waals surface area contributed by atoms with Crippen LogP contribution in [0.15, 0.2) is 53.5 Å². The zero-order valence-electron chi connectivity index (χ0n) is 12.5. The van der Waals surface area contributed by atoms with E-state index in [1.165, 1.54) is 11.8 Å². The van der Waals surface area contributed by atoms with Crippen molar-refractivity contribution >= 4 is 28.5 Å². The summed E-state index contributed by atoms with van der Waals surface area (Å²) in [5.41, 5.74) is 5.68. The van der Waals surface area contributed by atoms with Gasteiger partial charge in [-0.15, -0.1) is 0 Å². The van der Waals surface area contributed by atoms with Crippen molar-refractivity contribution in [2.24, 2.45) is 4.99 Å². The van der Waals surface area contributed by atoms with Crippen molar-refractivity contribution < 1.29 is 4.79 Å². The highest BCUT2D eigenvalue weighted by Crippen LogP contribution is 2.25. The number of fused-ring (bicyclic) bond motifs is 1. The summed E-state index contributed by atoms with van der Waals surface area (Å²) in [6, 6.07) is 16.9. The van der Waals surface area contributed by atoms with Gasteiger partial charge < -0.3 is 0 Å². The van der Waals surface area contributed by atoms with Crippen LogP contribution < -0.4 is 5.43 Å². The van der Waals surface area contributed by atoms with Crippen LogP contribution >= 0.6 is 11.8 Å². The molecule has 23 heavy (non-hydrogen) atoms. The molecule has 114 valence electrons. The first kappa shape index (κ1) is 15.1. The maximum Gasteiger partial charge on any atom is 0.272 e. The topological polar surface area (TPSA) is 68.5 Å². The summed E-state index contributed by atoms with van der Waals surface area (Å²) in [4.78, 5) is 16.7. The highest BCUT2D eigenvalue weighted by Gasteiger charge is 2.20. The van der Waals surface area contributed by atoms with E-state index in [4.69, 9.17) is 5.26 Å². The number of amides is 1. The number of thioether (sulfide) groups is 1.